The van der Waals surface area contributed by atoms with E-state index in [2.05, 4.69) is 156 Å². The third-order valence-corrected chi connectivity index (χ3v) is 10.4. The Labute approximate surface area is 272 Å². The van der Waals surface area contributed by atoms with Crippen molar-refractivity contribution < 1.29 is 4.42 Å². The molecule has 4 heteroatoms. The van der Waals surface area contributed by atoms with Gasteiger partial charge in [-0.05, 0) is 76.6 Å². The summed E-state index contributed by atoms with van der Waals surface area (Å²) in [6.45, 7) is 2.10. The monoisotopic (exact) mass is 598 g/mol. The first-order chi connectivity index (χ1) is 23.2. The van der Waals surface area contributed by atoms with E-state index in [4.69, 9.17) is 4.42 Å². The van der Waals surface area contributed by atoms with Gasteiger partial charge >= 0.3 is 6.85 Å². The fraction of sp³-hybridized carbons (Fsp3) is 0.0233. The van der Waals surface area contributed by atoms with Crippen LogP contribution in [0.2, 0.25) is 0 Å². The van der Waals surface area contributed by atoms with Crippen LogP contribution < -0.4 is 15.7 Å². The second kappa shape index (κ2) is 9.05. The zero-order valence-corrected chi connectivity index (χ0v) is 25.7. The molecule has 0 N–H and O–H groups in total. The largest absolute Gasteiger partial charge is 0.456 e. The summed E-state index contributed by atoms with van der Waals surface area (Å²) in [5.41, 5.74) is 14.6. The van der Waals surface area contributed by atoms with Gasteiger partial charge in [0, 0.05) is 44.3 Å². The van der Waals surface area contributed by atoms with Crippen LogP contribution in [0.1, 0.15) is 5.56 Å². The topological polar surface area (TPSA) is 21.3 Å². The van der Waals surface area contributed by atoms with E-state index in [0.29, 0.717) is 0 Å². The molecule has 11 rings (SSSR count). The normalized spacial score (nSPS) is 13.1. The zero-order valence-electron chi connectivity index (χ0n) is 25.7. The Morgan fingerprint density at radius 1 is 0.617 bits per heavy atom. The van der Waals surface area contributed by atoms with E-state index in [-0.39, 0.29) is 6.85 Å². The van der Waals surface area contributed by atoms with E-state index in [1.165, 1.54) is 77.3 Å². The van der Waals surface area contributed by atoms with Gasteiger partial charge in [0.05, 0.1) is 11.0 Å². The lowest BCUT2D eigenvalue weighted by Gasteiger charge is -2.42. The summed E-state index contributed by atoms with van der Waals surface area (Å²) in [4.78, 5) is 2.57. The lowest BCUT2D eigenvalue weighted by Crippen LogP contribution is -2.60. The number of anilines is 2. The summed E-state index contributed by atoms with van der Waals surface area (Å²) in [6.07, 6.45) is 0. The number of aromatic nitrogens is 1. The summed E-state index contributed by atoms with van der Waals surface area (Å²) >= 11 is 0. The predicted molar refractivity (Wildman–Crippen MR) is 197 cm³/mol. The van der Waals surface area contributed by atoms with Crippen LogP contribution in [-0.2, 0) is 0 Å². The van der Waals surface area contributed by atoms with Crippen molar-refractivity contribution in [3.8, 4) is 28.1 Å². The average Bonchev–Trinajstić information content (AvgIpc) is 3.71. The highest BCUT2D eigenvalue weighted by atomic mass is 16.3. The van der Waals surface area contributed by atoms with Gasteiger partial charge in [0.2, 0.25) is 0 Å². The molecule has 47 heavy (non-hydrogen) atoms. The first kappa shape index (κ1) is 25.2. The van der Waals surface area contributed by atoms with E-state index in [9.17, 15) is 0 Å². The summed E-state index contributed by atoms with van der Waals surface area (Å²) < 4.78 is 9.20. The molecule has 0 saturated heterocycles. The summed E-state index contributed by atoms with van der Waals surface area (Å²) in [7, 11) is 0. The number of nitrogens with zero attached hydrogens (tertiary/aromatic N) is 2. The van der Waals surface area contributed by atoms with Gasteiger partial charge in [-0.2, -0.15) is 0 Å². The van der Waals surface area contributed by atoms with E-state index in [0.717, 1.165) is 22.3 Å². The van der Waals surface area contributed by atoms with Gasteiger partial charge in [0.15, 0.2) is 0 Å². The highest BCUT2D eigenvalue weighted by Gasteiger charge is 2.45. The van der Waals surface area contributed by atoms with Crippen molar-refractivity contribution >= 4 is 72.7 Å². The number of rotatable bonds is 2. The van der Waals surface area contributed by atoms with Crippen LogP contribution in [0.25, 0.3) is 71.7 Å². The quantitative estimate of drug-likeness (QED) is 0.185. The zero-order chi connectivity index (χ0) is 30.8. The fourth-order valence-electron chi connectivity index (χ4n) is 8.46. The number of para-hydroxylation sites is 2. The smallest absolute Gasteiger partial charge is 0.333 e. The van der Waals surface area contributed by atoms with Gasteiger partial charge in [-0.15, -0.1) is 0 Å². The maximum absolute atomic E-state index is 6.66. The van der Waals surface area contributed by atoms with Crippen molar-refractivity contribution in [2.24, 2.45) is 0 Å². The molecular formula is C43H27BN2O. The second-order valence-electron chi connectivity index (χ2n) is 13.0. The molecular weight excluding hydrogens is 571 g/mol. The number of furan rings is 1. The summed E-state index contributed by atoms with van der Waals surface area (Å²) in [5.74, 6) is 0.888. The molecule has 7 aromatic carbocycles. The minimum Gasteiger partial charge on any atom is -0.456 e. The molecule has 2 aliphatic rings. The van der Waals surface area contributed by atoms with Crippen LogP contribution in [0.15, 0.2) is 150 Å². The molecule has 0 amide bonds. The molecule has 0 aliphatic carbocycles. The molecule has 0 unspecified atom stereocenters. The standard InChI is InChI=1S/C43H27BN2O/c1-26-19-21-29(22-20-26)46-36-18-10-8-16-33(36)40-30-13-5-6-14-31(30)41-32-15-7-9-17-35(32)45-37-23-28-24-38(27-11-3-2-4-12-27)47-39(28)25-34(37)44(46)42(40)43(41)45/h2-25H,1H3. The Balaban J connectivity index is 1.36. The van der Waals surface area contributed by atoms with Crippen LogP contribution in [0.3, 0.4) is 0 Å². The third kappa shape index (κ3) is 3.27. The van der Waals surface area contributed by atoms with Gasteiger partial charge in [0.25, 0.3) is 0 Å². The van der Waals surface area contributed by atoms with E-state index in [1.807, 2.05) is 6.07 Å². The minimum atomic E-state index is -0.0591. The first-order valence-corrected chi connectivity index (χ1v) is 16.3. The average molecular weight is 599 g/mol. The Kier molecular flexibility index (Phi) is 4.86. The highest BCUT2D eigenvalue weighted by molar-refractivity contribution is 6.94. The maximum Gasteiger partial charge on any atom is 0.333 e. The van der Waals surface area contributed by atoms with Crippen LogP contribution in [0.4, 0.5) is 11.4 Å². The van der Waals surface area contributed by atoms with Crippen molar-refractivity contribution in [3.05, 3.63) is 151 Å². The van der Waals surface area contributed by atoms with Crippen LogP contribution in [0.5, 0.6) is 0 Å². The molecule has 2 aromatic heterocycles. The Morgan fingerprint density at radius 2 is 1.34 bits per heavy atom. The van der Waals surface area contributed by atoms with Gasteiger partial charge in [-0.3, -0.25) is 0 Å². The fourth-order valence-corrected chi connectivity index (χ4v) is 8.46. The van der Waals surface area contributed by atoms with Crippen molar-refractivity contribution in [2.45, 2.75) is 6.92 Å². The number of aryl methyl sites for hydroxylation is 1. The Morgan fingerprint density at radius 3 is 2.19 bits per heavy atom. The molecule has 0 spiro atoms. The molecule has 0 bridgehead atoms. The summed E-state index contributed by atoms with van der Waals surface area (Å²) in [6, 6.07) is 53.2. The molecule has 0 saturated carbocycles. The predicted octanol–water partition coefficient (Wildman–Crippen LogP) is 9.90. The molecule has 0 atom stereocenters. The first-order valence-electron chi connectivity index (χ1n) is 16.3. The van der Waals surface area contributed by atoms with Crippen LogP contribution >= 0.6 is 0 Å². The Hall–Kier alpha value is -6.00. The SMILES string of the molecule is Cc1ccc(N2B3c4cc5oc(-c6ccccc6)cc5cc4-n4c5ccccc5c5c6ccccc6c(c3c54)-c3ccccc32)cc1. The van der Waals surface area contributed by atoms with Crippen molar-refractivity contribution in [1.29, 1.82) is 0 Å². The van der Waals surface area contributed by atoms with Crippen molar-refractivity contribution in [3.63, 3.8) is 0 Å². The van der Waals surface area contributed by atoms with E-state index >= 15 is 0 Å². The lowest BCUT2D eigenvalue weighted by molar-refractivity contribution is 0.632. The summed E-state index contributed by atoms with van der Waals surface area (Å²) in [5, 5.41) is 6.31. The molecule has 4 heterocycles. The maximum atomic E-state index is 6.66. The molecule has 9 aromatic rings. The minimum absolute atomic E-state index is 0.0591. The second-order valence-corrected chi connectivity index (χ2v) is 13.0. The molecule has 3 nitrogen and oxygen atoms in total. The van der Waals surface area contributed by atoms with Crippen molar-refractivity contribution in [1.82, 2.24) is 4.57 Å². The molecule has 0 radical (unpaired) electrons. The molecule has 218 valence electrons. The third-order valence-electron chi connectivity index (χ3n) is 10.4. The van der Waals surface area contributed by atoms with Gasteiger partial charge < -0.3 is 13.8 Å². The van der Waals surface area contributed by atoms with Crippen LogP contribution in [0, 0.1) is 6.92 Å². The van der Waals surface area contributed by atoms with E-state index < -0.39 is 0 Å². The number of benzene rings is 7. The van der Waals surface area contributed by atoms with Gasteiger partial charge in [-0.25, -0.2) is 0 Å². The highest BCUT2D eigenvalue weighted by Crippen LogP contribution is 2.48. The van der Waals surface area contributed by atoms with Gasteiger partial charge in [-0.1, -0.05) is 109 Å². The van der Waals surface area contributed by atoms with E-state index in [1.54, 1.807) is 0 Å². The van der Waals surface area contributed by atoms with Crippen LogP contribution in [-0.4, -0.2) is 11.4 Å². The van der Waals surface area contributed by atoms with Crippen molar-refractivity contribution in [2.75, 3.05) is 4.81 Å². The number of fused-ring (bicyclic) bond motifs is 12. The molecule has 2 aliphatic heterocycles. The lowest BCUT2D eigenvalue weighted by atomic mass is 9.43. The number of hydrogen-bond donors (Lipinski definition) is 0. The Bertz CT molecular complexity index is 2760. The van der Waals surface area contributed by atoms with Gasteiger partial charge in [0.1, 0.15) is 11.3 Å². The molecule has 0 fully saturated rings. The number of hydrogen-bond acceptors (Lipinski definition) is 2.